The second-order valence-corrected chi connectivity index (χ2v) is 7.80. The third-order valence-corrected chi connectivity index (χ3v) is 5.53. The molecule has 0 saturated carbocycles. The highest BCUT2D eigenvalue weighted by molar-refractivity contribution is 7.07. The summed E-state index contributed by atoms with van der Waals surface area (Å²) in [5.41, 5.74) is 8.84. The molecule has 0 unspecified atom stereocenters. The van der Waals surface area contributed by atoms with E-state index in [4.69, 9.17) is 0 Å². The fourth-order valence-corrected chi connectivity index (χ4v) is 4.83. The third kappa shape index (κ3) is 2.98. The quantitative estimate of drug-likeness (QED) is 0.614. The molecule has 0 aliphatic heterocycles. The molecule has 0 fully saturated rings. The highest BCUT2D eigenvalue weighted by atomic mass is 19.1. The van der Waals surface area contributed by atoms with Crippen LogP contribution in [0.1, 0.15) is 33.4 Å². The monoisotopic (exact) mass is 345 g/mol. The molecule has 0 aromatic heterocycles. The Hall–Kier alpha value is -2.35. The van der Waals surface area contributed by atoms with Gasteiger partial charge in [-0.2, -0.15) is 16.4 Å². The van der Waals surface area contributed by atoms with Crippen molar-refractivity contribution in [1.82, 2.24) is 0 Å². The van der Waals surface area contributed by atoms with E-state index < -0.39 is 6.42 Å². The van der Waals surface area contributed by atoms with E-state index in [-0.39, 0.29) is 0 Å². The topological polar surface area (TPSA) is 0 Å². The van der Waals surface area contributed by atoms with Gasteiger partial charge in [-0.05, 0) is 41.5 Å². The van der Waals surface area contributed by atoms with Gasteiger partial charge in [0.25, 0.3) is 0 Å². The van der Waals surface area contributed by atoms with Crippen molar-refractivity contribution in [2.75, 3.05) is 0 Å². The van der Waals surface area contributed by atoms with Crippen LogP contribution in [0.3, 0.4) is 0 Å². The number of rotatable bonds is 3. The molecule has 0 N–H and O–H groups in total. The van der Waals surface area contributed by atoms with E-state index >= 15 is 4.32 Å². The summed E-state index contributed by atoms with van der Waals surface area (Å²) in [7, 11) is 0. The van der Waals surface area contributed by atoms with Crippen molar-refractivity contribution in [3.8, 4) is 0 Å². The van der Waals surface area contributed by atoms with Crippen LogP contribution in [0, 0.1) is 41.5 Å². The van der Waals surface area contributed by atoms with Gasteiger partial charge in [0.1, 0.15) is 0 Å². The third-order valence-electron chi connectivity index (χ3n) is 5.53. The SMILES string of the molecule is Cc1cc(C)c([B-](F)(c2ccccc2)c2c(C)cc(C)cc2C)c(C)c1. The first-order valence-corrected chi connectivity index (χ1v) is 9.30. The van der Waals surface area contributed by atoms with E-state index in [1.54, 1.807) is 0 Å². The zero-order chi connectivity index (χ0) is 19.1. The molecule has 3 aromatic carbocycles. The predicted molar refractivity (Wildman–Crippen MR) is 114 cm³/mol. The van der Waals surface area contributed by atoms with E-state index in [1.807, 2.05) is 58.0 Å². The minimum atomic E-state index is -2.54. The predicted octanol–water partition coefficient (Wildman–Crippen LogP) is 4.47. The van der Waals surface area contributed by atoms with Gasteiger partial charge in [0.2, 0.25) is 6.42 Å². The van der Waals surface area contributed by atoms with Gasteiger partial charge in [0.15, 0.2) is 0 Å². The minimum Gasteiger partial charge on any atom is -0.498 e. The molecule has 0 aliphatic carbocycles. The second-order valence-electron chi connectivity index (χ2n) is 7.80. The summed E-state index contributed by atoms with van der Waals surface area (Å²) >= 11 is 0. The molecule has 0 saturated heterocycles. The fourth-order valence-electron chi connectivity index (χ4n) is 4.83. The van der Waals surface area contributed by atoms with Crippen LogP contribution in [-0.4, -0.2) is 6.42 Å². The Balaban J connectivity index is 2.45. The first-order valence-electron chi connectivity index (χ1n) is 9.30. The zero-order valence-corrected chi connectivity index (χ0v) is 16.7. The maximum absolute atomic E-state index is 17.4. The molecule has 134 valence electrons. The second kappa shape index (κ2) is 6.76. The van der Waals surface area contributed by atoms with E-state index in [0.29, 0.717) is 0 Å². The van der Waals surface area contributed by atoms with Gasteiger partial charge in [-0.25, -0.2) is 0 Å². The number of hydrogen-bond donors (Lipinski definition) is 0. The molecule has 0 spiro atoms. The van der Waals surface area contributed by atoms with E-state index in [9.17, 15) is 0 Å². The largest absolute Gasteiger partial charge is 0.498 e. The van der Waals surface area contributed by atoms with Gasteiger partial charge in [-0.1, -0.05) is 88.0 Å². The average molecular weight is 345 g/mol. The Morgan fingerprint density at radius 3 is 1.27 bits per heavy atom. The van der Waals surface area contributed by atoms with Crippen molar-refractivity contribution in [2.24, 2.45) is 0 Å². The Labute approximate surface area is 157 Å². The standard InChI is InChI=1S/C24H27BF/c1-16-12-18(3)23(19(4)13-16)25(26,22-10-8-7-9-11-22)24-20(5)14-17(2)15-21(24)6/h7-15H,1-6H3/q-1. The average Bonchev–Trinajstić information content (AvgIpc) is 2.53. The molecule has 3 aromatic rings. The molecule has 0 radical (unpaired) electrons. The molecule has 2 heteroatoms. The summed E-state index contributed by atoms with van der Waals surface area (Å²) in [5.74, 6) is 0. The zero-order valence-electron chi connectivity index (χ0n) is 16.7. The van der Waals surface area contributed by atoms with Crippen LogP contribution >= 0.6 is 0 Å². The van der Waals surface area contributed by atoms with Crippen molar-refractivity contribution in [3.63, 3.8) is 0 Å². The van der Waals surface area contributed by atoms with Crippen molar-refractivity contribution < 1.29 is 4.32 Å². The first kappa shape index (κ1) is 18.4. The van der Waals surface area contributed by atoms with Crippen LogP contribution in [-0.2, 0) is 0 Å². The molecular weight excluding hydrogens is 318 g/mol. The van der Waals surface area contributed by atoms with Crippen molar-refractivity contribution in [1.29, 1.82) is 0 Å². The van der Waals surface area contributed by atoms with Gasteiger partial charge >= 0.3 is 0 Å². The lowest BCUT2D eigenvalue weighted by atomic mass is 9.29. The Kier molecular flexibility index (Phi) is 4.79. The van der Waals surface area contributed by atoms with Crippen molar-refractivity contribution in [2.45, 2.75) is 41.5 Å². The molecule has 0 nitrogen and oxygen atoms in total. The summed E-state index contributed by atoms with van der Waals surface area (Å²) in [4.78, 5) is 0. The van der Waals surface area contributed by atoms with E-state index in [2.05, 4.69) is 38.1 Å². The van der Waals surface area contributed by atoms with Gasteiger partial charge in [-0.15, -0.1) is 0 Å². The van der Waals surface area contributed by atoms with Gasteiger partial charge in [0.05, 0.1) is 0 Å². The fraction of sp³-hybridized carbons (Fsp3) is 0.250. The number of hydrogen-bond acceptors (Lipinski definition) is 0. The number of aryl methyl sites for hydroxylation is 6. The lowest BCUT2D eigenvalue weighted by molar-refractivity contribution is 0.839. The van der Waals surface area contributed by atoms with Gasteiger partial charge in [0, 0.05) is 0 Å². The Bertz CT molecular complexity index is 854. The van der Waals surface area contributed by atoms with Crippen molar-refractivity contribution >= 4 is 22.8 Å². The normalized spacial score (nSPS) is 11.7. The number of benzene rings is 3. The van der Waals surface area contributed by atoms with E-state index in [1.165, 1.54) is 11.1 Å². The maximum Gasteiger partial charge on any atom is 0.235 e. The highest BCUT2D eigenvalue weighted by Crippen LogP contribution is 2.20. The Morgan fingerprint density at radius 2 is 0.923 bits per heavy atom. The van der Waals surface area contributed by atoms with Crippen LogP contribution in [0.15, 0.2) is 54.6 Å². The molecule has 0 bridgehead atoms. The minimum absolute atomic E-state index is 0.748. The van der Waals surface area contributed by atoms with Crippen LogP contribution in [0.25, 0.3) is 0 Å². The number of halogens is 1. The Morgan fingerprint density at radius 1 is 0.577 bits per heavy atom. The summed E-state index contributed by atoms with van der Waals surface area (Å²) < 4.78 is 17.4. The molecule has 0 heterocycles. The van der Waals surface area contributed by atoms with Crippen LogP contribution in [0.5, 0.6) is 0 Å². The van der Waals surface area contributed by atoms with E-state index in [0.717, 1.165) is 38.6 Å². The molecule has 0 atom stereocenters. The lowest BCUT2D eigenvalue weighted by Gasteiger charge is -2.41. The first-order chi connectivity index (χ1) is 12.2. The van der Waals surface area contributed by atoms with Crippen LogP contribution in [0.4, 0.5) is 4.32 Å². The molecule has 3 rings (SSSR count). The van der Waals surface area contributed by atoms with Gasteiger partial charge < -0.3 is 4.32 Å². The molecule has 26 heavy (non-hydrogen) atoms. The summed E-state index contributed by atoms with van der Waals surface area (Å²) in [6.45, 7) is 12.3. The molecule has 0 aliphatic rings. The van der Waals surface area contributed by atoms with Gasteiger partial charge in [-0.3, -0.25) is 0 Å². The maximum atomic E-state index is 17.4. The highest BCUT2D eigenvalue weighted by Gasteiger charge is 2.34. The van der Waals surface area contributed by atoms with Crippen LogP contribution < -0.4 is 16.4 Å². The lowest BCUT2D eigenvalue weighted by Crippen LogP contribution is -2.66. The smallest absolute Gasteiger partial charge is 0.235 e. The summed E-state index contributed by atoms with van der Waals surface area (Å²) in [5, 5.41) is 0. The van der Waals surface area contributed by atoms with Crippen LogP contribution in [0.2, 0.25) is 0 Å². The molecular formula is C24H27BF-. The summed E-state index contributed by atoms with van der Waals surface area (Å²) in [6.07, 6.45) is -2.54. The van der Waals surface area contributed by atoms with Crippen molar-refractivity contribution in [3.05, 3.63) is 88.0 Å². The summed E-state index contributed by atoms with van der Waals surface area (Å²) in [6, 6.07) is 18.1. The molecule has 0 amide bonds.